The van der Waals surface area contributed by atoms with Gasteiger partial charge in [0.2, 0.25) is 0 Å². The van der Waals surface area contributed by atoms with Crippen LogP contribution in [0.2, 0.25) is 0 Å². The Balaban J connectivity index is 2.88. The molecule has 0 aliphatic rings. The van der Waals surface area contributed by atoms with Gasteiger partial charge in [0.1, 0.15) is 0 Å². The fourth-order valence-corrected chi connectivity index (χ4v) is 3.49. The molecule has 0 atom stereocenters. The van der Waals surface area contributed by atoms with Crippen LogP contribution in [-0.2, 0) is 4.43 Å². The van der Waals surface area contributed by atoms with Crippen molar-refractivity contribution < 1.29 is 0 Å². The van der Waals surface area contributed by atoms with Crippen LogP contribution < -0.4 is 5.19 Å². The zero-order valence-corrected chi connectivity index (χ0v) is 10.7. The van der Waals surface area contributed by atoms with Gasteiger partial charge in [-0.05, 0) is 10.8 Å². The van der Waals surface area contributed by atoms with E-state index in [1.54, 1.807) is 0 Å². The van der Waals surface area contributed by atoms with Gasteiger partial charge in [0.05, 0.1) is 7.73 Å². The highest BCUT2D eigenvalue weighted by Crippen LogP contribution is 2.02. The predicted molar refractivity (Wildman–Crippen MR) is 61.2 cm³/mol. The highest BCUT2D eigenvalue weighted by Gasteiger charge is 1.88. The lowest BCUT2D eigenvalue weighted by Gasteiger charge is -1.93. The number of alkyl halides is 1. The van der Waals surface area contributed by atoms with Crippen LogP contribution in [0.1, 0.15) is 5.56 Å². The highest BCUT2D eigenvalue weighted by atomic mass is 127. The van der Waals surface area contributed by atoms with E-state index in [-0.39, 0.29) is 0 Å². The topological polar surface area (TPSA) is 0 Å². The molecule has 1 rings (SSSR count). The van der Waals surface area contributed by atoms with Gasteiger partial charge in [-0.15, -0.1) is 0 Å². The third kappa shape index (κ3) is 3.27. The van der Waals surface area contributed by atoms with Gasteiger partial charge < -0.3 is 0 Å². The molecule has 0 aromatic heterocycles. The van der Waals surface area contributed by atoms with Crippen molar-refractivity contribution in [3.05, 3.63) is 29.8 Å². The van der Waals surface area contributed by atoms with Gasteiger partial charge in [-0.3, -0.25) is 0 Å². The van der Waals surface area contributed by atoms with Crippen LogP contribution in [0, 0.1) is 0 Å². The van der Waals surface area contributed by atoms with Gasteiger partial charge in [0.15, 0.2) is 0 Å². The zero-order chi connectivity index (χ0) is 8.10. The first-order valence-electron chi connectivity index (χ1n) is 3.13. The second kappa shape index (κ2) is 5.34. The summed E-state index contributed by atoms with van der Waals surface area (Å²) in [6, 6.07) is 8.68. The maximum atomic E-state index is 5.65. The summed E-state index contributed by atoms with van der Waals surface area (Å²) in [6.07, 6.45) is 0. The first kappa shape index (κ1) is 9.76. The lowest BCUT2D eigenvalue weighted by atomic mass is 10.2. The van der Waals surface area contributed by atoms with Crippen LogP contribution >= 0.6 is 33.7 Å². The molecule has 0 N–H and O–H groups in total. The zero-order valence-electron chi connectivity index (χ0n) is 5.77. The molecule has 0 unspecified atom stereocenters. The number of halogens is 2. The summed E-state index contributed by atoms with van der Waals surface area (Å²) < 4.78 is 1.09. The summed E-state index contributed by atoms with van der Waals surface area (Å²) in [5.41, 5.74) is 1.39. The Morgan fingerprint density at radius 2 is 1.91 bits per heavy atom. The van der Waals surface area contributed by atoms with Crippen LogP contribution in [-0.4, -0.2) is 16.1 Å². The Bertz CT molecular complexity index is 286. The minimum absolute atomic E-state index is 0.531. The van der Waals surface area contributed by atoms with Gasteiger partial charge in [0, 0.05) is 12.8 Å². The van der Waals surface area contributed by atoms with Crippen molar-refractivity contribution in [3.63, 3.8) is 0 Å². The summed E-state index contributed by atoms with van der Waals surface area (Å²) in [4.78, 5) is 0. The van der Waals surface area contributed by atoms with Gasteiger partial charge in [-0.25, -0.2) is 0 Å². The fraction of sp³-hybridized carbons (Fsp3) is 0.143. The van der Waals surface area contributed by atoms with Gasteiger partial charge >= 0.3 is 0 Å². The molecule has 11 heavy (non-hydrogen) atoms. The minimum Gasteiger partial charge on any atom is -0.0855 e. The maximum absolute atomic E-state index is 5.65. The van der Waals surface area contributed by atoms with Crippen molar-refractivity contribution in [1.29, 1.82) is 0 Å². The van der Waals surface area contributed by atoms with Gasteiger partial charge in [0.25, 0.3) is 0 Å². The van der Waals surface area contributed by atoms with E-state index in [4.69, 9.17) is 11.1 Å². The standard InChI is InChI=1S/C7H6ClISi2/c8-11-10-7-3-1-6(5-9)2-4-7/h1-4H,5H2. The molecule has 0 aliphatic heterocycles. The second-order valence-electron chi connectivity index (χ2n) is 2.05. The quantitative estimate of drug-likeness (QED) is 0.321. The van der Waals surface area contributed by atoms with E-state index in [1.807, 2.05) is 0 Å². The maximum Gasteiger partial charge on any atom is 0.0707 e. The second-order valence-corrected chi connectivity index (χ2v) is 6.85. The average molecular weight is 309 g/mol. The van der Waals surface area contributed by atoms with E-state index in [1.165, 1.54) is 10.8 Å². The average Bonchev–Trinajstić information content (AvgIpc) is 2.07. The van der Waals surface area contributed by atoms with E-state index in [9.17, 15) is 0 Å². The van der Waals surface area contributed by atoms with E-state index < -0.39 is 0 Å². The Hall–Kier alpha value is 0.674. The van der Waals surface area contributed by atoms with Crippen molar-refractivity contribution in [2.24, 2.45) is 0 Å². The van der Waals surface area contributed by atoms with E-state index in [2.05, 4.69) is 46.9 Å². The molecule has 56 valence electrons. The van der Waals surface area contributed by atoms with Crippen molar-refractivity contribution in [3.8, 4) is 0 Å². The van der Waals surface area contributed by atoms with Crippen LogP contribution in [0.3, 0.4) is 0 Å². The molecule has 0 bridgehead atoms. The molecule has 0 heterocycles. The molecule has 1 aromatic carbocycles. The number of hydrogen-bond donors (Lipinski definition) is 0. The molecule has 0 spiro atoms. The molecule has 0 nitrogen and oxygen atoms in total. The van der Waals surface area contributed by atoms with Crippen LogP contribution in [0.4, 0.5) is 0 Å². The summed E-state index contributed by atoms with van der Waals surface area (Å²) in [7, 11) is 1.31. The van der Waals surface area contributed by atoms with Crippen LogP contribution in [0.15, 0.2) is 24.3 Å². The fourth-order valence-electron chi connectivity index (χ4n) is 0.732. The molecular weight excluding hydrogens is 303 g/mol. The lowest BCUT2D eigenvalue weighted by Crippen LogP contribution is -2.04. The van der Waals surface area contributed by atoms with Crippen molar-refractivity contribution in [1.82, 2.24) is 0 Å². The minimum atomic E-state index is 0.531. The third-order valence-corrected chi connectivity index (χ3v) is 4.90. The monoisotopic (exact) mass is 308 g/mol. The lowest BCUT2D eigenvalue weighted by molar-refractivity contribution is 1.47. The molecule has 0 amide bonds. The molecule has 0 saturated heterocycles. The summed E-state index contributed by atoms with van der Waals surface area (Å²) in [5.74, 6) is 0. The number of hydrogen-bond acceptors (Lipinski definition) is 0. The summed E-state index contributed by atoms with van der Waals surface area (Å²) in [5, 5.41) is 1.37. The van der Waals surface area contributed by atoms with Crippen molar-refractivity contribution in [2.45, 2.75) is 4.43 Å². The first-order valence-corrected chi connectivity index (χ1v) is 8.67. The third-order valence-electron chi connectivity index (χ3n) is 1.30. The van der Waals surface area contributed by atoms with Crippen molar-refractivity contribution >= 4 is 55.0 Å². The number of rotatable bonds is 1. The Morgan fingerprint density at radius 3 is 2.36 bits per heavy atom. The molecular formula is C7H6ClISi2. The molecule has 1 aromatic rings. The summed E-state index contributed by atoms with van der Waals surface area (Å²) >= 11 is 8.01. The van der Waals surface area contributed by atoms with E-state index in [0.717, 1.165) is 12.8 Å². The highest BCUT2D eigenvalue weighted by molar-refractivity contribution is 14.1. The van der Waals surface area contributed by atoms with E-state index in [0.29, 0.717) is 7.73 Å². The van der Waals surface area contributed by atoms with Gasteiger partial charge in [-0.2, -0.15) is 0 Å². The van der Waals surface area contributed by atoms with Crippen LogP contribution in [0.25, 0.3) is 0 Å². The van der Waals surface area contributed by atoms with Crippen molar-refractivity contribution in [2.75, 3.05) is 0 Å². The summed E-state index contributed by atoms with van der Waals surface area (Å²) in [6.45, 7) is 0. The molecule has 4 heteroatoms. The molecule has 0 fully saturated rings. The van der Waals surface area contributed by atoms with Gasteiger partial charge in [-0.1, -0.05) is 57.9 Å². The Morgan fingerprint density at radius 1 is 1.27 bits per heavy atom. The molecule has 0 saturated carbocycles. The molecule has 0 aliphatic carbocycles. The first-order chi connectivity index (χ1) is 5.36. The Kier molecular flexibility index (Phi) is 4.74. The predicted octanol–water partition coefficient (Wildman–Crippen LogP) is 1.72. The Labute approximate surface area is 88.8 Å². The normalized spacial score (nSPS) is 8.55. The smallest absolute Gasteiger partial charge is 0.0707 e. The largest absolute Gasteiger partial charge is 0.0855 e. The van der Waals surface area contributed by atoms with E-state index >= 15 is 0 Å². The SMILES string of the molecule is Cl[Si]#[Si]c1ccc(CI)cc1. The molecule has 0 radical (unpaired) electrons. The number of benzene rings is 1. The van der Waals surface area contributed by atoms with Crippen LogP contribution in [0.5, 0.6) is 0 Å².